The second-order valence-electron chi connectivity index (χ2n) is 4.51. The van der Waals surface area contributed by atoms with E-state index in [1.54, 1.807) is 20.3 Å². The second-order valence-corrected chi connectivity index (χ2v) is 4.51. The highest BCUT2D eigenvalue weighted by Gasteiger charge is 2.09. The van der Waals surface area contributed by atoms with Gasteiger partial charge in [-0.2, -0.15) is 5.10 Å². The highest BCUT2D eigenvalue weighted by atomic mass is 16.5. The fourth-order valence-electron chi connectivity index (χ4n) is 1.98. The van der Waals surface area contributed by atoms with Crippen LogP contribution >= 0.6 is 0 Å². The van der Waals surface area contributed by atoms with Crippen molar-refractivity contribution >= 4 is 0 Å². The molecule has 6 nitrogen and oxygen atoms in total. The van der Waals surface area contributed by atoms with Gasteiger partial charge in [-0.15, -0.1) is 0 Å². The van der Waals surface area contributed by atoms with E-state index in [0.717, 1.165) is 11.3 Å². The summed E-state index contributed by atoms with van der Waals surface area (Å²) < 4.78 is 11.5. The monoisotopic (exact) mass is 289 g/mol. The van der Waals surface area contributed by atoms with Gasteiger partial charge in [-0.3, -0.25) is 4.79 Å². The van der Waals surface area contributed by atoms with Gasteiger partial charge in [-0.1, -0.05) is 0 Å². The number of aromatic nitrogens is 2. The zero-order chi connectivity index (χ0) is 15.2. The minimum absolute atomic E-state index is 0.174. The smallest absolute Gasteiger partial charge is 0.271 e. The zero-order valence-corrected chi connectivity index (χ0v) is 12.2. The third kappa shape index (κ3) is 3.48. The van der Waals surface area contributed by atoms with E-state index < -0.39 is 0 Å². The predicted molar refractivity (Wildman–Crippen MR) is 80.3 cm³/mol. The molecule has 0 saturated carbocycles. The van der Waals surface area contributed by atoms with Crippen LogP contribution in [0, 0.1) is 0 Å². The molecule has 0 spiro atoms. The molecule has 0 fully saturated rings. The third-order valence-corrected chi connectivity index (χ3v) is 3.16. The molecule has 1 aromatic heterocycles. The summed E-state index contributed by atoms with van der Waals surface area (Å²) in [5.74, 6) is 0.769. The molecule has 2 aromatic rings. The average Bonchev–Trinajstić information content (AvgIpc) is 2.54. The Labute approximate surface area is 123 Å². The van der Waals surface area contributed by atoms with E-state index in [4.69, 9.17) is 15.2 Å². The van der Waals surface area contributed by atoms with E-state index in [-0.39, 0.29) is 12.1 Å². The van der Waals surface area contributed by atoms with Crippen molar-refractivity contribution in [3.05, 3.63) is 46.2 Å². The SMILES string of the molecule is COCCn1nc(-c2ccc(OC)cc2)cc(CN)c1=O. The summed E-state index contributed by atoms with van der Waals surface area (Å²) >= 11 is 0. The Morgan fingerprint density at radius 1 is 1.24 bits per heavy atom. The number of hydrogen-bond donors (Lipinski definition) is 1. The highest BCUT2D eigenvalue weighted by molar-refractivity contribution is 5.60. The molecule has 0 aliphatic carbocycles. The topological polar surface area (TPSA) is 79.4 Å². The van der Waals surface area contributed by atoms with Gasteiger partial charge < -0.3 is 15.2 Å². The molecule has 0 aliphatic heterocycles. The Morgan fingerprint density at radius 3 is 2.52 bits per heavy atom. The number of nitrogens with two attached hydrogens (primary N) is 1. The third-order valence-electron chi connectivity index (χ3n) is 3.16. The van der Waals surface area contributed by atoms with Gasteiger partial charge in [-0.05, 0) is 30.3 Å². The van der Waals surface area contributed by atoms with Crippen LogP contribution in [0.1, 0.15) is 5.56 Å². The molecular formula is C15H19N3O3. The van der Waals surface area contributed by atoms with Crippen LogP contribution in [0.4, 0.5) is 0 Å². The Hall–Kier alpha value is -2.18. The molecule has 2 N–H and O–H groups in total. The summed E-state index contributed by atoms with van der Waals surface area (Å²) in [5, 5.41) is 4.37. The number of rotatable bonds is 6. The van der Waals surface area contributed by atoms with Gasteiger partial charge in [0.2, 0.25) is 0 Å². The van der Waals surface area contributed by atoms with Gasteiger partial charge in [0, 0.05) is 24.8 Å². The lowest BCUT2D eigenvalue weighted by Crippen LogP contribution is -2.29. The number of hydrogen-bond acceptors (Lipinski definition) is 5. The normalized spacial score (nSPS) is 10.6. The van der Waals surface area contributed by atoms with Gasteiger partial charge in [-0.25, -0.2) is 4.68 Å². The summed E-state index contributed by atoms with van der Waals surface area (Å²) in [6.07, 6.45) is 0. The molecule has 0 amide bonds. The Morgan fingerprint density at radius 2 is 1.95 bits per heavy atom. The molecular weight excluding hydrogens is 270 g/mol. The van der Waals surface area contributed by atoms with Gasteiger partial charge in [0.25, 0.3) is 5.56 Å². The molecule has 0 unspecified atom stereocenters. The molecule has 112 valence electrons. The molecule has 0 saturated heterocycles. The molecule has 21 heavy (non-hydrogen) atoms. The average molecular weight is 289 g/mol. The van der Waals surface area contributed by atoms with Crippen LogP contribution in [-0.4, -0.2) is 30.6 Å². The highest BCUT2D eigenvalue weighted by Crippen LogP contribution is 2.20. The van der Waals surface area contributed by atoms with Crippen molar-refractivity contribution in [2.45, 2.75) is 13.1 Å². The lowest BCUT2D eigenvalue weighted by molar-refractivity contribution is 0.182. The first-order valence-corrected chi connectivity index (χ1v) is 6.64. The van der Waals surface area contributed by atoms with E-state index >= 15 is 0 Å². The van der Waals surface area contributed by atoms with Crippen molar-refractivity contribution in [3.8, 4) is 17.0 Å². The molecule has 1 aromatic carbocycles. The van der Waals surface area contributed by atoms with Crippen LogP contribution in [0.2, 0.25) is 0 Å². The Bertz CT molecular complexity index is 650. The maximum absolute atomic E-state index is 12.1. The van der Waals surface area contributed by atoms with Crippen molar-refractivity contribution in [2.24, 2.45) is 5.73 Å². The van der Waals surface area contributed by atoms with Crippen molar-refractivity contribution in [2.75, 3.05) is 20.8 Å². The first kappa shape index (κ1) is 15.2. The number of nitrogens with zero attached hydrogens (tertiary/aromatic N) is 2. The minimum atomic E-state index is -0.174. The van der Waals surface area contributed by atoms with E-state index in [1.807, 2.05) is 24.3 Å². The van der Waals surface area contributed by atoms with Crippen LogP contribution in [0.15, 0.2) is 35.1 Å². The summed E-state index contributed by atoms with van der Waals surface area (Å²) in [7, 11) is 3.20. The second kappa shape index (κ2) is 7.01. The maximum atomic E-state index is 12.1. The molecule has 0 bridgehead atoms. The summed E-state index contributed by atoms with van der Waals surface area (Å²) in [6.45, 7) is 0.993. The number of benzene rings is 1. The first-order chi connectivity index (χ1) is 10.2. The lowest BCUT2D eigenvalue weighted by atomic mass is 10.1. The van der Waals surface area contributed by atoms with E-state index in [2.05, 4.69) is 5.10 Å². The van der Waals surface area contributed by atoms with Crippen LogP contribution in [0.5, 0.6) is 5.75 Å². The van der Waals surface area contributed by atoms with E-state index in [1.165, 1.54) is 4.68 Å². The van der Waals surface area contributed by atoms with Crippen molar-refractivity contribution < 1.29 is 9.47 Å². The molecule has 6 heteroatoms. The van der Waals surface area contributed by atoms with Crippen LogP contribution in [0.3, 0.4) is 0 Å². The zero-order valence-electron chi connectivity index (χ0n) is 12.2. The van der Waals surface area contributed by atoms with Crippen LogP contribution in [-0.2, 0) is 17.8 Å². The van der Waals surface area contributed by atoms with Gasteiger partial charge in [0.05, 0.1) is 26.0 Å². The van der Waals surface area contributed by atoms with Crippen molar-refractivity contribution in [3.63, 3.8) is 0 Å². The van der Waals surface area contributed by atoms with Gasteiger partial charge in [0.15, 0.2) is 0 Å². The quantitative estimate of drug-likeness (QED) is 0.859. The Balaban J connectivity index is 2.44. The summed E-state index contributed by atoms with van der Waals surface area (Å²) in [4.78, 5) is 12.1. The number of ether oxygens (including phenoxy) is 2. The van der Waals surface area contributed by atoms with Crippen LogP contribution in [0.25, 0.3) is 11.3 Å². The number of methoxy groups -OCH3 is 2. The van der Waals surface area contributed by atoms with Gasteiger partial charge >= 0.3 is 0 Å². The predicted octanol–water partition coefficient (Wildman–Crippen LogP) is 1.02. The van der Waals surface area contributed by atoms with Crippen molar-refractivity contribution in [1.29, 1.82) is 0 Å². The van der Waals surface area contributed by atoms with Crippen molar-refractivity contribution in [1.82, 2.24) is 9.78 Å². The molecule has 1 heterocycles. The molecule has 0 atom stereocenters. The first-order valence-electron chi connectivity index (χ1n) is 6.64. The molecule has 2 rings (SSSR count). The summed E-state index contributed by atoms with van der Waals surface area (Å²) in [6, 6.07) is 9.22. The molecule has 0 aliphatic rings. The standard InChI is InChI=1S/C15H19N3O3/c1-20-8-7-18-15(19)12(10-16)9-14(17-18)11-3-5-13(21-2)6-4-11/h3-6,9H,7-8,10,16H2,1-2H3. The van der Waals surface area contributed by atoms with Gasteiger partial charge in [0.1, 0.15) is 5.75 Å². The Kier molecular flexibility index (Phi) is 5.08. The van der Waals surface area contributed by atoms with E-state index in [0.29, 0.717) is 24.4 Å². The largest absolute Gasteiger partial charge is 0.497 e. The minimum Gasteiger partial charge on any atom is -0.497 e. The fraction of sp³-hybridized carbons (Fsp3) is 0.333. The summed E-state index contributed by atoms with van der Waals surface area (Å²) in [5.41, 5.74) is 7.61. The van der Waals surface area contributed by atoms with Crippen LogP contribution < -0.4 is 16.0 Å². The maximum Gasteiger partial charge on any atom is 0.271 e. The lowest BCUT2D eigenvalue weighted by Gasteiger charge is -2.10. The molecule has 0 radical (unpaired) electrons. The van der Waals surface area contributed by atoms with E-state index in [9.17, 15) is 4.79 Å². The fourth-order valence-corrected chi connectivity index (χ4v) is 1.98.